The van der Waals surface area contributed by atoms with Crippen LogP contribution in [0, 0.1) is 5.92 Å². The van der Waals surface area contributed by atoms with E-state index in [0.29, 0.717) is 30.9 Å². The van der Waals surface area contributed by atoms with Gasteiger partial charge in [-0.05, 0) is 18.6 Å². The van der Waals surface area contributed by atoms with Crippen LogP contribution in [0.3, 0.4) is 0 Å². The van der Waals surface area contributed by atoms with Crippen LogP contribution in [0.1, 0.15) is 30.0 Å². The lowest BCUT2D eigenvalue weighted by atomic mass is 10.2. The third-order valence-electron chi connectivity index (χ3n) is 5.26. The normalized spacial score (nSPS) is 25.2. The van der Waals surface area contributed by atoms with E-state index in [-0.39, 0.29) is 6.17 Å². The van der Waals surface area contributed by atoms with Gasteiger partial charge in [0.25, 0.3) is 0 Å². The van der Waals surface area contributed by atoms with Gasteiger partial charge in [-0.15, -0.1) is 0 Å². The van der Waals surface area contributed by atoms with Gasteiger partial charge < -0.3 is 10.1 Å². The Morgan fingerprint density at radius 3 is 3.11 bits per heavy atom. The molecule has 0 radical (unpaired) electrons. The summed E-state index contributed by atoms with van der Waals surface area (Å²) in [6.07, 6.45) is 11.4. The van der Waals surface area contributed by atoms with E-state index < -0.39 is 0 Å². The van der Waals surface area contributed by atoms with E-state index in [2.05, 4.69) is 26.6 Å². The van der Waals surface area contributed by atoms with Gasteiger partial charge in [0.2, 0.25) is 5.90 Å². The van der Waals surface area contributed by atoms with Crippen LogP contribution in [0.15, 0.2) is 58.8 Å². The summed E-state index contributed by atoms with van der Waals surface area (Å²) >= 11 is 0. The summed E-state index contributed by atoms with van der Waals surface area (Å²) in [6, 6.07) is 6.09. The van der Waals surface area contributed by atoms with Gasteiger partial charge in [0.1, 0.15) is 5.82 Å². The maximum absolute atomic E-state index is 6.06. The minimum absolute atomic E-state index is 0.0258. The molecule has 5 rings (SSSR count). The zero-order valence-electron chi connectivity index (χ0n) is 15.8. The van der Waals surface area contributed by atoms with Crippen molar-refractivity contribution in [3.05, 3.63) is 59.9 Å². The molecule has 1 N–H and O–H groups in total. The first-order valence-electron chi connectivity index (χ1n) is 9.62. The zero-order valence-corrected chi connectivity index (χ0v) is 15.8. The first-order chi connectivity index (χ1) is 13.8. The molecule has 2 aliphatic heterocycles. The highest BCUT2D eigenvalue weighted by Crippen LogP contribution is 2.46. The Morgan fingerprint density at radius 1 is 1.32 bits per heavy atom. The largest absolute Gasteiger partial charge is 0.477 e. The number of fused-ring (bicyclic) bond motifs is 1. The van der Waals surface area contributed by atoms with Crippen molar-refractivity contribution in [3.63, 3.8) is 0 Å². The number of hydrazone groups is 1. The number of hydrogen-bond acceptors (Lipinski definition) is 7. The lowest BCUT2D eigenvalue weighted by Gasteiger charge is -2.28. The van der Waals surface area contributed by atoms with E-state index in [9.17, 15) is 0 Å². The monoisotopic (exact) mass is 377 g/mol. The molecule has 0 saturated heterocycles. The molecule has 144 valence electrons. The fourth-order valence-corrected chi connectivity index (χ4v) is 3.65. The number of pyridine rings is 1. The minimum Gasteiger partial charge on any atom is -0.477 e. The summed E-state index contributed by atoms with van der Waals surface area (Å²) in [7, 11) is 1.92. The van der Waals surface area contributed by atoms with Crippen LogP contribution in [-0.2, 0) is 18.3 Å². The summed E-state index contributed by atoms with van der Waals surface area (Å²) in [5.41, 5.74) is 2.27. The number of aliphatic imine (C=N–C) groups is 1. The number of nitrogens with zero attached hydrogens (tertiary/aromatic N) is 6. The van der Waals surface area contributed by atoms with Crippen LogP contribution < -0.4 is 5.32 Å². The van der Waals surface area contributed by atoms with Gasteiger partial charge >= 0.3 is 0 Å². The quantitative estimate of drug-likeness (QED) is 0.833. The van der Waals surface area contributed by atoms with Crippen molar-refractivity contribution in [1.29, 1.82) is 0 Å². The molecule has 1 aliphatic carbocycles. The standard InChI is InChI=1S/C20H23N7O/c1-26-12-14(11-24-26)10-22-19-9-20(25-18-5-7-23-27(18)19)28-13-15-8-16(15)17-4-2-3-6-21-17/h2-4,6-7,9,11-12,15-16,18,22H,5,8,10,13H2,1H3/t15-,16+,18?/m0/s1. The topological polar surface area (TPSA) is 79.9 Å². The molecule has 1 saturated carbocycles. The van der Waals surface area contributed by atoms with Crippen LogP contribution in [0.2, 0.25) is 0 Å². The molecule has 0 aromatic carbocycles. The van der Waals surface area contributed by atoms with E-state index in [1.165, 1.54) is 0 Å². The summed E-state index contributed by atoms with van der Waals surface area (Å²) < 4.78 is 7.86. The molecule has 0 bridgehead atoms. The molecule has 8 nitrogen and oxygen atoms in total. The first-order valence-corrected chi connectivity index (χ1v) is 9.62. The minimum atomic E-state index is -0.0258. The highest BCUT2D eigenvalue weighted by Gasteiger charge is 2.40. The van der Waals surface area contributed by atoms with Crippen LogP contribution >= 0.6 is 0 Å². The van der Waals surface area contributed by atoms with Crippen molar-refractivity contribution in [1.82, 2.24) is 25.1 Å². The van der Waals surface area contributed by atoms with Gasteiger partial charge in [-0.1, -0.05) is 6.07 Å². The predicted molar refractivity (Wildman–Crippen MR) is 105 cm³/mol. The molecule has 2 aromatic rings. The number of aryl methyl sites for hydroxylation is 1. The van der Waals surface area contributed by atoms with Crippen LogP contribution in [0.4, 0.5) is 0 Å². The van der Waals surface area contributed by atoms with Gasteiger partial charge in [0, 0.05) is 67.8 Å². The lowest BCUT2D eigenvalue weighted by molar-refractivity contribution is 0.242. The third-order valence-corrected chi connectivity index (χ3v) is 5.26. The first kappa shape index (κ1) is 17.0. The van der Waals surface area contributed by atoms with E-state index in [4.69, 9.17) is 9.73 Å². The van der Waals surface area contributed by atoms with Crippen LogP contribution in [0.5, 0.6) is 0 Å². The van der Waals surface area contributed by atoms with E-state index >= 15 is 0 Å². The molecule has 3 atom stereocenters. The average Bonchev–Trinajstić information content (AvgIpc) is 3.11. The molecule has 3 aliphatic rings. The Labute approximate surface area is 163 Å². The van der Waals surface area contributed by atoms with E-state index in [1.807, 2.05) is 55.1 Å². The second-order valence-corrected chi connectivity index (χ2v) is 7.40. The number of ether oxygens (including phenoxy) is 1. The fourth-order valence-electron chi connectivity index (χ4n) is 3.65. The van der Waals surface area contributed by atoms with Crippen molar-refractivity contribution < 1.29 is 4.74 Å². The molecular weight excluding hydrogens is 354 g/mol. The van der Waals surface area contributed by atoms with Gasteiger partial charge in [-0.2, -0.15) is 10.2 Å². The van der Waals surface area contributed by atoms with Crippen LogP contribution in [-0.4, -0.2) is 44.7 Å². The van der Waals surface area contributed by atoms with Gasteiger partial charge in [-0.25, -0.2) is 10.0 Å². The van der Waals surface area contributed by atoms with Crippen molar-refractivity contribution in [2.24, 2.45) is 23.1 Å². The maximum atomic E-state index is 6.06. The predicted octanol–water partition coefficient (Wildman–Crippen LogP) is 2.00. The Kier molecular flexibility index (Phi) is 4.31. The van der Waals surface area contributed by atoms with Crippen molar-refractivity contribution >= 4 is 12.1 Å². The number of rotatable bonds is 6. The Bertz CT molecular complexity index is 933. The molecule has 1 fully saturated rings. The molecule has 2 aromatic heterocycles. The summed E-state index contributed by atoms with van der Waals surface area (Å²) in [4.78, 5) is 9.16. The molecule has 1 unspecified atom stereocenters. The number of hydrogen-bond donors (Lipinski definition) is 1. The second kappa shape index (κ2) is 7.10. The van der Waals surface area contributed by atoms with Crippen molar-refractivity contribution in [2.45, 2.75) is 31.5 Å². The smallest absolute Gasteiger partial charge is 0.214 e. The fraction of sp³-hybridized carbons (Fsp3) is 0.400. The van der Waals surface area contributed by atoms with E-state index in [0.717, 1.165) is 29.9 Å². The second-order valence-electron chi connectivity index (χ2n) is 7.40. The van der Waals surface area contributed by atoms with Gasteiger partial charge in [-0.3, -0.25) is 9.67 Å². The maximum Gasteiger partial charge on any atom is 0.214 e. The molecule has 28 heavy (non-hydrogen) atoms. The molecule has 8 heteroatoms. The SMILES string of the molecule is Cn1cc(CNC2=CC(OC[C@@H]3C[C@H]3c3ccccn3)=NC3CC=NN23)cn1. The highest BCUT2D eigenvalue weighted by molar-refractivity contribution is 5.89. The molecule has 0 amide bonds. The van der Waals surface area contributed by atoms with Crippen LogP contribution in [0.25, 0.3) is 0 Å². The van der Waals surface area contributed by atoms with Gasteiger partial charge in [0.15, 0.2) is 6.17 Å². The molecular formula is C20H23N7O. The lowest BCUT2D eigenvalue weighted by Crippen LogP contribution is -2.36. The van der Waals surface area contributed by atoms with E-state index in [1.54, 1.807) is 4.68 Å². The Balaban J connectivity index is 1.21. The van der Waals surface area contributed by atoms with Crippen molar-refractivity contribution in [2.75, 3.05) is 6.61 Å². The Hall–Kier alpha value is -3.16. The van der Waals surface area contributed by atoms with Gasteiger partial charge in [0.05, 0.1) is 12.8 Å². The summed E-state index contributed by atoms with van der Waals surface area (Å²) in [6.45, 7) is 1.34. The highest BCUT2D eigenvalue weighted by atomic mass is 16.5. The summed E-state index contributed by atoms with van der Waals surface area (Å²) in [5, 5.41) is 14.0. The molecule has 4 heterocycles. The zero-order chi connectivity index (χ0) is 18.9. The third kappa shape index (κ3) is 3.49. The summed E-state index contributed by atoms with van der Waals surface area (Å²) in [5.74, 6) is 2.59. The average molecular weight is 377 g/mol. The number of aromatic nitrogens is 3. The number of nitrogens with one attached hydrogen (secondary N) is 1. The Morgan fingerprint density at radius 2 is 2.29 bits per heavy atom. The molecule has 0 spiro atoms. The van der Waals surface area contributed by atoms with Crippen molar-refractivity contribution in [3.8, 4) is 0 Å².